The van der Waals surface area contributed by atoms with Crippen molar-refractivity contribution in [1.29, 1.82) is 0 Å². The van der Waals surface area contributed by atoms with Crippen LogP contribution in [0, 0.1) is 0 Å². The third kappa shape index (κ3) is 4.40. The van der Waals surface area contributed by atoms with Crippen molar-refractivity contribution >= 4 is 33.5 Å². The van der Waals surface area contributed by atoms with Gasteiger partial charge in [-0.15, -0.1) is 11.3 Å². The zero-order chi connectivity index (χ0) is 14.5. The number of rotatable bonds is 4. The van der Waals surface area contributed by atoms with Gasteiger partial charge in [-0.1, -0.05) is 30.3 Å². The van der Waals surface area contributed by atoms with Crippen LogP contribution in [0.1, 0.15) is 10.4 Å². The van der Waals surface area contributed by atoms with Gasteiger partial charge in [0.25, 0.3) is 0 Å². The smallest absolute Gasteiger partial charge is 0.0705 e. The topological polar surface area (TPSA) is 18.8 Å². The molecule has 3 rings (SSSR count). The molecule has 3 nitrogen and oxygen atoms in total. The minimum absolute atomic E-state index is 0.996. The highest BCUT2D eigenvalue weighted by atomic mass is 79.9. The first kappa shape index (κ1) is 14.8. The number of hydrogen-bond acceptors (Lipinski definition) is 4. The molecule has 0 radical (unpaired) electrons. The second kappa shape index (κ2) is 7.20. The van der Waals surface area contributed by atoms with Crippen LogP contribution >= 0.6 is 27.3 Å². The summed E-state index contributed by atoms with van der Waals surface area (Å²) in [4.78, 5) is 3.68. The van der Waals surface area contributed by atoms with Crippen LogP contribution in [0.4, 0.5) is 0 Å². The standard InChI is InChI=1S/C16H18BrN3S/c17-16-7-6-15(21-16)12-18-20-10-8-19(9-11-20)13-14-4-2-1-3-5-14/h1-7,12H,8-11,13H2/b18-12+. The summed E-state index contributed by atoms with van der Waals surface area (Å²) in [7, 11) is 0. The Morgan fingerprint density at radius 2 is 1.81 bits per heavy atom. The van der Waals surface area contributed by atoms with E-state index in [-0.39, 0.29) is 0 Å². The molecule has 1 aliphatic rings. The second-order valence-electron chi connectivity index (χ2n) is 5.10. The van der Waals surface area contributed by atoms with Crippen molar-refractivity contribution < 1.29 is 0 Å². The average Bonchev–Trinajstić information content (AvgIpc) is 2.93. The van der Waals surface area contributed by atoms with Crippen LogP contribution in [0.15, 0.2) is 51.4 Å². The highest BCUT2D eigenvalue weighted by Gasteiger charge is 2.15. The Balaban J connectivity index is 1.48. The predicted octanol–water partition coefficient (Wildman–Crippen LogP) is 3.66. The summed E-state index contributed by atoms with van der Waals surface area (Å²) in [6, 6.07) is 14.8. The molecule has 21 heavy (non-hydrogen) atoms. The van der Waals surface area contributed by atoms with Gasteiger partial charge in [0.05, 0.1) is 10.0 Å². The number of piperazine rings is 1. The summed E-state index contributed by atoms with van der Waals surface area (Å²) >= 11 is 5.18. The van der Waals surface area contributed by atoms with Crippen molar-refractivity contribution in [3.63, 3.8) is 0 Å². The number of hydrogen-bond donors (Lipinski definition) is 0. The Kier molecular flexibility index (Phi) is 5.06. The van der Waals surface area contributed by atoms with Gasteiger partial charge in [0, 0.05) is 37.6 Å². The van der Waals surface area contributed by atoms with Gasteiger partial charge in [-0.05, 0) is 33.6 Å². The molecule has 0 spiro atoms. The van der Waals surface area contributed by atoms with Gasteiger partial charge in [-0.3, -0.25) is 9.91 Å². The molecule has 2 heterocycles. The van der Waals surface area contributed by atoms with Crippen molar-refractivity contribution in [2.24, 2.45) is 5.10 Å². The van der Waals surface area contributed by atoms with E-state index in [2.05, 4.69) is 73.4 Å². The molecule has 0 unspecified atom stereocenters. The summed E-state index contributed by atoms with van der Waals surface area (Å²) in [5, 5.41) is 6.74. The fraction of sp³-hybridized carbons (Fsp3) is 0.312. The van der Waals surface area contributed by atoms with Gasteiger partial charge in [0.1, 0.15) is 0 Å². The van der Waals surface area contributed by atoms with Gasteiger partial charge in [-0.2, -0.15) is 5.10 Å². The number of hydrazone groups is 1. The van der Waals surface area contributed by atoms with Crippen LogP contribution in [-0.2, 0) is 6.54 Å². The van der Waals surface area contributed by atoms with E-state index in [1.165, 1.54) is 10.4 Å². The van der Waals surface area contributed by atoms with Crippen molar-refractivity contribution in [2.75, 3.05) is 26.2 Å². The van der Waals surface area contributed by atoms with Crippen molar-refractivity contribution in [2.45, 2.75) is 6.54 Å². The highest BCUT2D eigenvalue weighted by molar-refractivity contribution is 9.11. The van der Waals surface area contributed by atoms with Crippen LogP contribution in [0.25, 0.3) is 0 Å². The van der Waals surface area contributed by atoms with E-state index in [1.807, 2.05) is 6.21 Å². The molecule has 1 aliphatic heterocycles. The lowest BCUT2D eigenvalue weighted by Crippen LogP contribution is -2.43. The molecule has 0 aliphatic carbocycles. The predicted molar refractivity (Wildman–Crippen MR) is 92.9 cm³/mol. The number of nitrogens with zero attached hydrogens (tertiary/aromatic N) is 3. The molecule has 1 aromatic carbocycles. The van der Waals surface area contributed by atoms with E-state index < -0.39 is 0 Å². The summed E-state index contributed by atoms with van der Waals surface area (Å²) in [6.07, 6.45) is 1.96. The minimum atomic E-state index is 0.996. The molecule has 0 N–H and O–H groups in total. The first-order valence-electron chi connectivity index (χ1n) is 7.10. The largest absolute Gasteiger partial charge is 0.295 e. The summed E-state index contributed by atoms with van der Waals surface area (Å²) < 4.78 is 1.15. The van der Waals surface area contributed by atoms with Crippen molar-refractivity contribution in [3.8, 4) is 0 Å². The van der Waals surface area contributed by atoms with Crippen LogP contribution in [0.3, 0.4) is 0 Å². The van der Waals surface area contributed by atoms with E-state index in [4.69, 9.17) is 0 Å². The lowest BCUT2D eigenvalue weighted by Gasteiger charge is -2.33. The van der Waals surface area contributed by atoms with Crippen LogP contribution in [-0.4, -0.2) is 42.3 Å². The van der Waals surface area contributed by atoms with Gasteiger partial charge in [-0.25, -0.2) is 0 Å². The van der Waals surface area contributed by atoms with Crippen molar-refractivity contribution in [3.05, 3.63) is 56.7 Å². The summed E-state index contributed by atoms with van der Waals surface area (Å²) in [5.41, 5.74) is 1.39. The highest BCUT2D eigenvalue weighted by Crippen LogP contribution is 2.20. The first-order valence-corrected chi connectivity index (χ1v) is 8.71. The Morgan fingerprint density at radius 1 is 1.05 bits per heavy atom. The lowest BCUT2D eigenvalue weighted by molar-refractivity contribution is 0.131. The normalized spacial score (nSPS) is 16.7. The van der Waals surface area contributed by atoms with Crippen LogP contribution in [0.2, 0.25) is 0 Å². The molecule has 0 bridgehead atoms. The Labute approximate surface area is 138 Å². The molecular formula is C16H18BrN3S. The monoisotopic (exact) mass is 363 g/mol. The van der Waals surface area contributed by atoms with Gasteiger partial charge in [0.2, 0.25) is 0 Å². The maximum atomic E-state index is 4.58. The van der Waals surface area contributed by atoms with Crippen molar-refractivity contribution in [1.82, 2.24) is 9.91 Å². The molecular weight excluding hydrogens is 346 g/mol. The average molecular weight is 364 g/mol. The van der Waals surface area contributed by atoms with E-state index in [0.29, 0.717) is 0 Å². The van der Waals surface area contributed by atoms with E-state index >= 15 is 0 Å². The Bertz CT molecular complexity index is 589. The molecule has 1 aromatic heterocycles. The maximum absolute atomic E-state index is 4.58. The summed E-state index contributed by atoms with van der Waals surface area (Å²) in [6.45, 7) is 5.17. The summed E-state index contributed by atoms with van der Waals surface area (Å²) in [5.74, 6) is 0. The quantitative estimate of drug-likeness (QED) is 0.771. The van der Waals surface area contributed by atoms with Crippen LogP contribution < -0.4 is 0 Å². The first-order chi connectivity index (χ1) is 10.3. The zero-order valence-electron chi connectivity index (χ0n) is 11.8. The van der Waals surface area contributed by atoms with E-state index in [0.717, 1.165) is 36.5 Å². The number of halogens is 1. The fourth-order valence-corrected chi connectivity index (χ4v) is 3.68. The number of benzene rings is 1. The minimum Gasteiger partial charge on any atom is -0.295 e. The molecule has 5 heteroatoms. The lowest BCUT2D eigenvalue weighted by atomic mass is 10.2. The third-order valence-electron chi connectivity index (χ3n) is 3.54. The zero-order valence-corrected chi connectivity index (χ0v) is 14.2. The van der Waals surface area contributed by atoms with Crippen LogP contribution in [0.5, 0.6) is 0 Å². The van der Waals surface area contributed by atoms with Gasteiger partial charge >= 0.3 is 0 Å². The van der Waals surface area contributed by atoms with E-state index in [9.17, 15) is 0 Å². The maximum Gasteiger partial charge on any atom is 0.0705 e. The van der Waals surface area contributed by atoms with E-state index in [1.54, 1.807) is 11.3 Å². The Morgan fingerprint density at radius 3 is 2.48 bits per heavy atom. The molecule has 2 aromatic rings. The molecule has 0 atom stereocenters. The molecule has 0 amide bonds. The van der Waals surface area contributed by atoms with Gasteiger partial charge < -0.3 is 0 Å². The molecule has 110 valence electrons. The second-order valence-corrected chi connectivity index (χ2v) is 7.60. The third-order valence-corrected chi connectivity index (χ3v) is 5.10. The number of thiophene rings is 1. The van der Waals surface area contributed by atoms with Gasteiger partial charge in [0.15, 0.2) is 0 Å². The molecule has 1 fully saturated rings. The molecule has 1 saturated heterocycles. The SMILES string of the molecule is Brc1ccc(/C=N/N2CCN(Cc3ccccc3)CC2)s1. The fourth-order valence-electron chi connectivity index (χ4n) is 2.39. The molecule has 0 saturated carbocycles. The Hall–Kier alpha value is -1.17.